The summed E-state index contributed by atoms with van der Waals surface area (Å²) >= 11 is 0. The van der Waals surface area contributed by atoms with Gasteiger partial charge in [-0.1, -0.05) is 35.9 Å². The molecule has 6 nitrogen and oxygen atoms in total. The van der Waals surface area contributed by atoms with Crippen LogP contribution in [0.1, 0.15) is 43.7 Å². The molecule has 24 heavy (non-hydrogen) atoms. The van der Waals surface area contributed by atoms with Crippen molar-refractivity contribution in [1.82, 2.24) is 0 Å². The van der Waals surface area contributed by atoms with Crippen LogP contribution in [0, 0.1) is 6.92 Å². The normalized spacial score (nSPS) is 14.6. The minimum absolute atomic E-state index is 0.273. The van der Waals surface area contributed by atoms with Crippen LogP contribution in [-0.4, -0.2) is 27.7 Å². The smallest absolute Gasteiger partial charge is 0.323 e. The number of allylic oxidation sites excluding steroid dienone is 2. The molecule has 0 radical (unpaired) electrons. The molecule has 0 aromatic heterocycles. The predicted molar refractivity (Wildman–Crippen MR) is 94.5 cm³/mol. The Bertz CT molecular complexity index is 720. The summed E-state index contributed by atoms with van der Waals surface area (Å²) in [7, 11) is -9.64. The highest BCUT2D eigenvalue weighted by atomic mass is 32.2. The number of hydrogen-bond acceptors (Lipinski definition) is 3. The van der Waals surface area contributed by atoms with Gasteiger partial charge in [-0.2, -0.15) is 8.42 Å². The molecule has 0 bridgehead atoms. The van der Waals surface area contributed by atoms with E-state index in [1.165, 1.54) is 11.1 Å². The summed E-state index contributed by atoms with van der Waals surface area (Å²) < 4.78 is 42.2. The van der Waals surface area contributed by atoms with Gasteiger partial charge in [0.25, 0.3) is 10.1 Å². The number of unbranched alkanes of at least 4 members (excludes halogenated alkanes) is 1. The van der Waals surface area contributed by atoms with Gasteiger partial charge >= 0.3 is 7.60 Å². The molecule has 0 spiro atoms. The molecule has 0 aliphatic heterocycles. The second-order valence-corrected chi connectivity index (χ2v) is 9.72. The van der Waals surface area contributed by atoms with E-state index in [-0.39, 0.29) is 12.8 Å². The summed E-state index contributed by atoms with van der Waals surface area (Å²) in [6, 6.07) is 8.14. The van der Waals surface area contributed by atoms with Gasteiger partial charge in [-0.25, -0.2) is 0 Å². The van der Waals surface area contributed by atoms with Crippen molar-refractivity contribution < 1.29 is 27.3 Å². The first-order chi connectivity index (χ1) is 11.0. The standard InChI is InChI=1S/C16H25O6PS/c1-13(11-12-15-9-5-4-8-14(15)2)7-3-6-10-16(23(17,18)19)24(20,21)22/h4-5,7-9,16H,3,6,10-12H2,1-2H3,(H2,17,18,19)(H,20,21,22). The SMILES string of the molecule is CC(=CCCCC(P(=O)(O)O)S(=O)(=O)O)CCc1ccccc1C. The Labute approximate surface area is 143 Å². The highest BCUT2D eigenvalue weighted by Gasteiger charge is 2.38. The molecule has 0 aliphatic carbocycles. The quantitative estimate of drug-likeness (QED) is 0.263. The average Bonchev–Trinajstić information content (AvgIpc) is 2.43. The van der Waals surface area contributed by atoms with Gasteiger partial charge in [-0.15, -0.1) is 0 Å². The monoisotopic (exact) mass is 376 g/mol. The summed E-state index contributed by atoms with van der Waals surface area (Å²) in [6.07, 6.45) is 4.22. The number of aryl methyl sites for hydroxylation is 2. The second kappa shape index (κ2) is 8.92. The first-order valence-corrected chi connectivity index (χ1v) is 10.9. The third kappa shape index (κ3) is 7.28. The van der Waals surface area contributed by atoms with E-state index in [0.717, 1.165) is 18.4 Å². The van der Waals surface area contributed by atoms with Crippen LogP contribution in [0.25, 0.3) is 0 Å². The first-order valence-electron chi connectivity index (χ1n) is 7.73. The first kappa shape index (κ1) is 21.1. The van der Waals surface area contributed by atoms with E-state index < -0.39 is 22.7 Å². The molecular weight excluding hydrogens is 351 g/mol. The molecule has 0 saturated heterocycles. The zero-order chi connectivity index (χ0) is 18.4. The zero-order valence-corrected chi connectivity index (χ0v) is 15.6. The van der Waals surface area contributed by atoms with Crippen LogP contribution in [0.5, 0.6) is 0 Å². The van der Waals surface area contributed by atoms with E-state index in [1.54, 1.807) is 0 Å². The van der Waals surface area contributed by atoms with Crippen molar-refractivity contribution in [1.29, 1.82) is 0 Å². The lowest BCUT2D eigenvalue weighted by Crippen LogP contribution is -2.20. The van der Waals surface area contributed by atoms with Crippen molar-refractivity contribution in [3.05, 3.63) is 47.0 Å². The highest BCUT2D eigenvalue weighted by Crippen LogP contribution is 2.46. The van der Waals surface area contributed by atoms with Crippen molar-refractivity contribution in [3.8, 4) is 0 Å². The molecule has 136 valence electrons. The van der Waals surface area contributed by atoms with E-state index >= 15 is 0 Å². The van der Waals surface area contributed by atoms with Crippen molar-refractivity contribution in [2.75, 3.05) is 0 Å². The Morgan fingerprint density at radius 3 is 2.46 bits per heavy atom. The van der Waals surface area contributed by atoms with Gasteiger partial charge in [0.1, 0.15) is 0 Å². The highest BCUT2D eigenvalue weighted by molar-refractivity contribution is 7.93. The molecule has 0 saturated carbocycles. The van der Waals surface area contributed by atoms with Crippen LogP contribution in [0.4, 0.5) is 0 Å². The van der Waals surface area contributed by atoms with Crippen molar-refractivity contribution in [3.63, 3.8) is 0 Å². The fourth-order valence-corrected chi connectivity index (χ4v) is 4.83. The van der Waals surface area contributed by atoms with Crippen molar-refractivity contribution >= 4 is 17.7 Å². The molecular formula is C16H25O6PS. The van der Waals surface area contributed by atoms with Crippen LogP contribution in [-0.2, 0) is 21.1 Å². The van der Waals surface area contributed by atoms with Crippen molar-refractivity contribution in [2.45, 2.75) is 50.9 Å². The lowest BCUT2D eigenvalue weighted by Gasteiger charge is -2.14. The molecule has 1 rings (SSSR count). The summed E-state index contributed by atoms with van der Waals surface area (Å²) in [5.41, 5.74) is 3.65. The topological polar surface area (TPSA) is 112 Å². The molecule has 0 heterocycles. The predicted octanol–water partition coefficient (Wildman–Crippen LogP) is 3.44. The largest absolute Gasteiger partial charge is 0.346 e. The minimum Gasteiger partial charge on any atom is -0.323 e. The molecule has 0 fully saturated rings. The zero-order valence-electron chi connectivity index (χ0n) is 13.9. The van der Waals surface area contributed by atoms with Crippen LogP contribution >= 0.6 is 7.60 Å². The van der Waals surface area contributed by atoms with Gasteiger partial charge in [-0.3, -0.25) is 9.12 Å². The Morgan fingerprint density at radius 2 is 1.92 bits per heavy atom. The fourth-order valence-electron chi connectivity index (χ4n) is 2.46. The van der Waals surface area contributed by atoms with Gasteiger partial charge in [0.05, 0.1) is 0 Å². The van der Waals surface area contributed by atoms with Gasteiger partial charge in [0, 0.05) is 0 Å². The molecule has 1 aromatic rings. The molecule has 0 aliphatic rings. The molecule has 3 N–H and O–H groups in total. The number of benzene rings is 1. The lowest BCUT2D eigenvalue weighted by molar-refractivity contribution is 0.360. The van der Waals surface area contributed by atoms with Gasteiger partial charge in [0.2, 0.25) is 0 Å². The Balaban J connectivity index is 2.49. The van der Waals surface area contributed by atoms with Gasteiger partial charge in [-0.05, 0) is 57.1 Å². The van der Waals surface area contributed by atoms with Gasteiger partial charge < -0.3 is 9.79 Å². The average molecular weight is 376 g/mol. The fraction of sp³-hybridized carbons (Fsp3) is 0.500. The van der Waals surface area contributed by atoms with Crippen LogP contribution < -0.4 is 0 Å². The molecule has 1 atom stereocenters. The molecule has 1 unspecified atom stereocenters. The second-order valence-electron chi connectivity index (χ2n) is 5.97. The van der Waals surface area contributed by atoms with Crippen LogP contribution in [0.2, 0.25) is 0 Å². The van der Waals surface area contributed by atoms with E-state index in [9.17, 15) is 13.0 Å². The molecule has 1 aromatic carbocycles. The van der Waals surface area contributed by atoms with E-state index in [2.05, 4.69) is 19.1 Å². The van der Waals surface area contributed by atoms with Crippen LogP contribution in [0.15, 0.2) is 35.9 Å². The van der Waals surface area contributed by atoms with Crippen molar-refractivity contribution in [2.24, 2.45) is 0 Å². The number of rotatable bonds is 9. The Morgan fingerprint density at radius 1 is 1.29 bits per heavy atom. The maximum atomic E-state index is 11.1. The lowest BCUT2D eigenvalue weighted by atomic mass is 10.0. The summed E-state index contributed by atoms with van der Waals surface area (Å²) in [5.74, 6) is 0. The van der Waals surface area contributed by atoms with E-state index in [4.69, 9.17) is 14.3 Å². The Kier molecular flexibility index (Phi) is 7.83. The van der Waals surface area contributed by atoms with Gasteiger partial charge in [0.15, 0.2) is 4.99 Å². The summed E-state index contributed by atoms with van der Waals surface area (Å²) in [6.45, 7) is 4.04. The minimum atomic E-state index is -4.88. The van der Waals surface area contributed by atoms with Crippen LogP contribution in [0.3, 0.4) is 0 Å². The summed E-state index contributed by atoms with van der Waals surface area (Å²) in [5, 5.41) is 0. The number of hydrogen-bond donors (Lipinski definition) is 3. The van der Waals surface area contributed by atoms with E-state index in [1.807, 2.05) is 25.1 Å². The third-order valence-corrected chi connectivity index (χ3v) is 7.47. The molecule has 0 amide bonds. The molecule has 8 heteroatoms. The van der Waals surface area contributed by atoms with E-state index in [0.29, 0.717) is 6.42 Å². The Hall–Kier alpha value is -0.980. The maximum Gasteiger partial charge on any atom is 0.346 e. The summed E-state index contributed by atoms with van der Waals surface area (Å²) in [4.78, 5) is 16.0. The maximum absolute atomic E-state index is 11.1. The third-order valence-electron chi connectivity index (χ3n) is 3.92.